The van der Waals surface area contributed by atoms with Gasteiger partial charge in [0, 0.05) is 24.6 Å². The first-order chi connectivity index (χ1) is 18.2. The van der Waals surface area contributed by atoms with Crippen molar-refractivity contribution in [3.63, 3.8) is 0 Å². The number of carbonyl (C=O) groups excluding carboxylic acids is 1. The minimum absolute atomic E-state index is 0.0742. The molecule has 4 rings (SSSR count). The number of imidazole rings is 1. The monoisotopic (exact) mass is 528 g/mol. The Kier molecular flexibility index (Phi) is 7.92. The minimum atomic E-state index is -4.63. The predicted octanol–water partition coefficient (Wildman–Crippen LogP) is 4.06. The van der Waals surface area contributed by atoms with Gasteiger partial charge in [0.2, 0.25) is 0 Å². The van der Waals surface area contributed by atoms with Crippen LogP contribution in [0.15, 0.2) is 36.9 Å². The number of hydrogen-bond donors (Lipinski definition) is 4. The highest BCUT2D eigenvalue weighted by molar-refractivity contribution is 5.96. The van der Waals surface area contributed by atoms with E-state index in [-0.39, 0.29) is 28.3 Å². The fraction of sp³-hybridized carbons (Fsp3) is 0.280. The highest BCUT2D eigenvalue weighted by atomic mass is 19.4. The van der Waals surface area contributed by atoms with Crippen LogP contribution in [0.25, 0.3) is 16.9 Å². The van der Waals surface area contributed by atoms with E-state index in [9.17, 15) is 22.4 Å². The molecule has 0 aliphatic heterocycles. The lowest BCUT2D eigenvalue weighted by Crippen LogP contribution is -2.27. The third-order valence-corrected chi connectivity index (χ3v) is 5.70. The molecular formula is C25H24F4N8O. The lowest BCUT2D eigenvalue weighted by molar-refractivity contribution is -0.140. The van der Waals surface area contributed by atoms with Crippen LogP contribution in [0, 0.1) is 25.1 Å². The van der Waals surface area contributed by atoms with Crippen molar-refractivity contribution in [2.24, 2.45) is 0 Å². The number of amides is 1. The standard InChI is InChI=1S/C25H24F4N8O/c1-3-6-30-7-4-5-8-32-24(38)20-15(2)11-16(12-18(20)26)35-22-23-33-14-19(37(23)10-9-31-22)17-13-34-36-21(17)25(27,28)29/h1,9-14,30H,4-8H2,2H3,(H,31,35)(H,32,38)(H,34,36). The van der Waals surface area contributed by atoms with Crippen LogP contribution in [0.5, 0.6) is 0 Å². The van der Waals surface area contributed by atoms with Gasteiger partial charge in [-0.15, -0.1) is 6.42 Å². The number of alkyl halides is 3. The van der Waals surface area contributed by atoms with Crippen molar-refractivity contribution in [2.75, 3.05) is 25.0 Å². The van der Waals surface area contributed by atoms with Crippen molar-refractivity contribution in [1.82, 2.24) is 35.2 Å². The molecule has 4 aromatic rings. The number of anilines is 2. The molecule has 1 amide bonds. The quantitative estimate of drug-likeness (QED) is 0.140. The molecule has 4 N–H and O–H groups in total. The van der Waals surface area contributed by atoms with Crippen molar-refractivity contribution >= 4 is 23.1 Å². The number of unbranched alkanes of at least 4 members (excludes halogenated alkanes) is 1. The molecule has 0 unspecified atom stereocenters. The number of carbonyl (C=O) groups is 1. The topological polar surface area (TPSA) is 112 Å². The average Bonchev–Trinajstić information content (AvgIpc) is 3.51. The van der Waals surface area contributed by atoms with Crippen molar-refractivity contribution in [3.8, 4) is 23.6 Å². The summed E-state index contributed by atoms with van der Waals surface area (Å²) in [5, 5.41) is 14.2. The van der Waals surface area contributed by atoms with E-state index >= 15 is 0 Å². The lowest BCUT2D eigenvalue weighted by Gasteiger charge is -2.13. The Bertz CT molecular complexity index is 1460. The number of H-pyrrole nitrogens is 1. The minimum Gasteiger partial charge on any atom is -0.352 e. The number of terminal acetylenes is 1. The predicted molar refractivity (Wildman–Crippen MR) is 133 cm³/mol. The first kappa shape index (κ1) is 26.6. The first-order valence-corrected chi connectivity index (χ1v) is 11.6. The highest BCUT2D eigenvalue weighted by Crippen LogP contribution is 2.36. The van der Waals surface area contributed by atoms with E-state index in [1.165, 1.54) is 23.0 Å². The van der Waals surface area contributed by atoms with Crippen LogP contribution < -0.4 is 16.0 Å². The number of aromatic amines is 1. The fourth-order valence-electron chi connectivity index (χ4n) is 3.97. The zero-order valence-electron chi connectivity index (χ0n) is 20.3. The van der Waals surface area contributed by atoms with Gasteiger partial charge in [0.1, 0.15) is 11.5 Å². The van der Waals surface area contributed by atoms with Gasteiger partial charge in [0.15, 0.2) is 11.5 Å². The second-order valence-corrected chi connectivity index (χ2v) is 8.39. The number of benzene rings is 1. The molecule has 3 heterocycles. The second-order valence-electron chi connectivity index (χ2n) is 8.39. The number of hydrogen-bond acceptors (Lipinski definition) is 6. The summed E-state index contributed by atoms with van der Waals surface area (Å²) in [6.07, 6.45) is 7.21. The maximum Gasteiger partial charge on any atom is 0.433 e. The molecule has 9 nitrogen and oxygen atoms in total. The maximum absolute atomic E-state index is 15.0. The van der Waals surface area contributed by atoms with Gasteiger partial charge in [-0.1, -0.05) is 5.92 Å². The van der Waals surface area contributed by atoms with E-state index in [4.69, 9.17) is 6.42 Å². The molecule has 198 valence electrons. The van der Waals surface area contributed by atoms with Crippen molar-refractivity contribution < 1.29 is 22.4 Å². The zero-order chi connectivity index (χ0) is 27.3. The average molecular weight is 529 g/mol. The van der Waals surface area contributed by atoms with Gasteiger partial charge in [-0.3, -0.25) is 14.3 Å². The summed E-state index contributed by atoms with van der Waals surface area (Å²) >= 11 is 0. The second kappa shape index (κ2) is 11.3. The summed E-state index contributed by atoms with van der Waals surface area (Å²) in [4.78, 5) is 21.0. The molecule has 0 bridgehead atoms. The Hall–Kier alpha value is -4.44. The largest absolute Gasteiger partial charge is 0.433 e. The van der Waals surface area contributed by atoms with Crippen molar-refractivity contribution in [2.45, 2.75) is 25.9 Å². The van der Waals surface area contributed by atoms with Gasteiger partial charge in [0.25, 0.3) is 5.91 Å². The van der Waals surface area contributed by atoms with Gasteiger partial charge < -0.3 is 16.0 Å². The number of nitrogens with one attached hydrogen (secondary N) is 4. The molecule has 0 fully saturated rings. The van der Waals surface area contributed by atoms with Gasteiger partial charge in [0.05, 0.1) is 35.8 Å². The third-order valence-electron chi connectivity index (χ3n) is 5.70. The Labute approximate surface area is 215 Å². The van der Waals surface area contributed by atoms with Crippen molar-refractivity contribution in [3.05, 3.63) is 59.6 Å². The number of halogens is 4. The van der Waals surface area contributed by atoms with Crippen LogP contribution in [-0.2, 0) is 6.18 Å². The van der Waals surface area contributed by atoms with Gasteiger partial charge in [-0.2, -0.15) is 18.3 Å². The van der Waals surface area contributed by atoms with E-state index in [1.54, 1.807) is 13.0 Å². The summed E-state index contributed by atoms with van der Waals surface area (Å²) in [7, 11) is 0. The summed E-state index contributed by atoms with van der Waals surface area (Å²) in [6, 6.07) is 2.73. The lowest BCUT2D eigenvalue weighted by atomic mass is 10.1. The molecular weight excluding hydrogens is 504 g/mol. The summed E-state index contributed by atoms with van der Waals surface area (Å²) in [5.74, 6) is 1.40. The van der Waals surface area contributed by atoms with Crippen LogP contribution >= 0.6 is 0 Å². The van der Waals surface area contributed by atoms with Crippen LogP contribution in [0.2, 0.25) is 0 Å². The SMILES string of the molecule is C#CCNCCCCNC(=O)c1c(C)cc(Nc2nccn3c(-c4cn[nH]c4C(F)(F)F)cnc23)cc1F. The third kappa shape index (κ3) is 5.76. The molecule has 0 saturated carbocycles. The molecule has 38 heavy (non-hydrogen) atoms. The molecule has 0 atom stereocenters. The Morgan fingerprint density at radius 2 is 1.97 bits per heavy atom. The molecule has 0 spiro atoms. The normalized spacial score (nSPS) is 11.5. The fourth-order valence-corrected chi connectivity index (χ4v) is 3.97. The maximum atomic E-state index is 15.0. The summed E-state index contributed by atoms with van der Waals surface area (Å²) in [6.45, 7) is 3.19. The van der Waals surface area contributed by atoms with Crippen molar-refractivity contribution in [1.29, 1.82) is 0 Å². The summed E-state index contributed by atoms with van der Waals surface area (Å²) in [5.41, 5.74) is -0.206. The Morgan fingerprint density at radius 1 is 1.18 bits per heavy atom. The highest BCUT2D eigenvalue weighted by Gasteiger charge is 2.36. The number of nitrogens with zero attached hydrogens (tertiary/aromatic N) is 4. The molecule has 0 aliphatic carbocycles. The molecule has 3 aromatic heterocycles. The smallest absolute Gasteiger partial charge is 0.352 e. The first-order valence-electron chi connectivity index (χ1n) is 11.6. The number of rotatable bonds is 10. The van der Waals surface area contributed by atoms with Crippen LogP contribution in [0.3, 0.4) is 0 Å². The Morgan fingerprint density at radius 3 is 2.71 bits per heavy atom. The van der Waals surface area contributed by atoms with Gasteiger partial charge >= 0.3 is 6.18 Å². The van der Waals surface area contributed by atoms with Crippen LogP contribution in [-0.4, -0.2) is 50.1 Å². The molecule has 0 saturated heterocycles. The van der Waals surface area contributed by atoms with E-state index in [2.05, 4.69) is 36.9 Å². The van der Waals surface area contributed by atoms with E-state index in [0.29, 0.717) is 30.8 Å². The summed E-state index contributed by atoms with van der Waals surface area (Å²) < 4.78 is 56.4. The Balaban J connectivity index is 1.50. The molecule has 0 aliphatic rings. The van der Waals surface area contributed by atoms with E-state index < -0.39 is 23.6 Å². The molecule has 13 heteroatoms. The molecule has 1 aromatic carbocycles. The van der Waals surface area contributed by atoms with Gasteiger partial charge in [-0.25, -0.2) is 14.4 Å². The van der Waals surface area contributed by atoms with Crippen LogP contribution in [0.4, 0.5) is 29.1 Å². The van der Waals surface area contributed by atoms with E-state index in [1.807, 2.05) is 5.10 Å². The van der Waals surface area contributed by atoms with E-state index in [0.717, 1.165) is 25.2 Å². The number of aryl methyl sites for hydroxylation is 1. The van der Waals surface area contributed by atoms with Gasteiger partial charge in [-0.05, 0) is 44.0 Å². The number of aromatic nitrogens is 5. The zero-order valence-corrected chi connectivity index (χ0v) is 20.3. The molecule has 0 radical (unpaired) electrons. The number of fused-ring (bicyclic) bond motifs is 1. The van der Waals surface area contributed by atoms with Crippen LogP contribution in [0.1, 0.15) is 34.5 Å².